The molecule has 1 fully saturated rings. The van der Waals surface area contributed by atoms with Crippen LogP contribution in [0.4, 0.5) is 16.8 Å². The van der Waals surface area contributed by atoms with Gasteiger partial charge in [0.05, 0.1) is 23.4 Å². The third-order valence-corrected chi connectivity index (χ3v) is 10.0. The van der Waals surface area contributed by atoms with Crippen molar-refractivity contribution in [2.45, 2.75) is 57.1 Å². The van der Waals surface area contributed by atoms with Gasteiger partial charge < -0.3 is 38.0 Å². The second-order valence-corrected chi connectivity index (χ2v) is 14.2. The molecular formula is C29H35ClN9O8S2+. The molecule has 4 rings (SSSR count). The number of halogens is 1. The molecule has 0 bridgehead atoms. The molecule has 2 aliphatic rings. The average molecular weight is 737 g/mol. The zero-order valence-corrected chi connectivity index (χ0v) is 28.8. The van der Waals surface area contributed by atoms with Crippen molar-refractivity contribution in [1.29, 1.82) is 0 Å². The third-order valence-electron chi connectivity index (χ3n) is 7.61. The van der Waals surface area contributed by atoms with Crippen molar-refractivity contribution in [3.05, 3.63) is 45.3 Å². The number of carbonyl (C=O) groups is 5. The van der Waals surface area contributed by atoms with Crippen LogP contribution in [0.3, 0.4) is 0 Å². The van der Waals surface area contributed by atoms with Crippen molar-refractivity contribution in [2.75, 3.05) is 29.5 Å². The third kappa shape index (κ3) is 8.18. The van der Waals surface area contributed by atoms with Crippen LogP contribution in [-0.2, 0) is 41.8 Å². The molecule has 0 aromatic carbocycles. The Balaban J connectivity index is 1.52. The predicted molar refractivity (Wildman–Crippen MR) is 181 cm³/mol. The SMILES string of the molecule is CC(C)(O/N=C(\C(=O)C[C@@H]1C(=O)N2C(C(=O)O)=C(/C=C/C[n+]3cnc(N)c(CC(=O)CCCN)c3N)CSC12)c1nc(N)sc1Cl)C(=O)O. The van der Waals surface area contributed by atoms with Crippen molar-refractivity contribution < 1.29 is 43.6 Å². The van der Waals surface area contributed by atoms with E-state index in [0.717, 1.165) is 16.2 Å². The van der Waals surface area contributed by atoms with Crippen LogP contribution in [0, 0.1) is 5.92 Å². The lowest BCUT2D eigenvalue weighted by atomic mass is 9.89. The lowest BCUT2D eigenvalue weighted by molar-refractivity contribution is -0.675. The van der Waals surface area contributed by atoms with E-state index in [-0.39, 0.29) is 63.4 Å². The number of β-lactam (4-membered cyclic amide) rings is 1. The first-order valence-corrected chi connectivity index (χ1v) is 17.0. The Hall–Kier alpha value is -4.59. The topological polar surface area (TPSA) is 284 Å². The second-order valence-electron chi connectivity index (χ2n) is 11.5. The summed E-state index contributed by atoms with van der Waals surface area (Å²) in [7, 11) is 0. The molecule has 4 heterocycles. The largest absolute Gasteiger partial charge is 0.478 e. The molecule has 17 nitrogen and oxygen atoms in total. The van der Waals surface area contributed by atoms with E-state index in [1.807, 2.05) is 0 Å². The number of amides is 1. The van der Waals surface area contributed by atoms with E-state index in [1.54, 1.807) is 16.7 Å². The number of aliphatic carboxylic acids is 2. The van der Waals surface area contributed by atoms with Crippen LogP contribution < -0.4 is 27.5 Å². The molecule has 0 spiro atoms. The van der Waals surface area contributed by atoms with Gasteiger partial charge in [-0.2, -0.15) is 0 Å². The number of nitrogen functional groups attached to an aromatic ring is 3. The summed E-state index contributed by atoms with van der Waals surface area (Å²) < 4.78 is 1.56. The summed E-state index contributed by atoms with van der Waals surface area (Å²) in [5, 5.41) is 22.6. The smallest absolute Gasteiger partial charge is 0.352 e. The molecule has 2 aromatic heterocycles. The molecule has 262 valence electrons. The molecule has 0 saturated carbocycles. The van der Waals surface area contributed by atoms with Gasteiger partial charge in [0.2, 0.25) is 29.5 Å². The molecule has 0 aliphatic carbocycles. The quantitative estimate of drug-likeness (QED) is 0.0600. The summed E-state index contributed by atoms with van der Waals surface area (Å²) in [6, 6.07) is 0. The van der Waals surface area contributed by atoms with E-state index in [0.29, 0.717) is 24.1 Å². The fourth-order valence-electron chi connectivity index (χ4n) is 4.89. The predicted octanol–water partition coefficient (Wildman–Crippen LogP) is 0.746. The number of carboxylic acids is 2. The number of Topliss-reactive ketones (excluding diaryl/α,β-unsaturated/α-hetero) is 2. The highest BCUT2D eigenvalue weighted by atomic mass is 35.5. The number of fused-ring (bicyclic) bond motifs is 1. The van der Waals surface area contributed by atoms with E-state index in [9.17, 15) is 34.2 Å². The highest BCUT2D eigenvalue weighted by Gasteiger charge is 2.54. The van der Waals surface area contributed by atoms with Crippen molar-refractivity contribution in [3.63, 3.8) is 0 Å². The average Bonchev–Trinajstić information content (AvgIpc) is 3.38. The summed E-state index contributed by atoms with van der Waals surface area (Å²) in [6.07, 6.45) is 5.01. The highest BCUT2D eigenvalue weighted by Crippen LogP contribution is 2.45. The number of aromatic nitrogens is 3. The Morgan fingerprint density at radius 2 is 1.96 bits per heavy atom. The van der Waals surface area contributed by atoms with Gasteiger partial charge in [-0.25, -0.2) is 19.1 Å². The fraction of sp³-hybridized carbons (Fsp3) is 0.414. The van der Waals surface area contributed by atoms with Gasteiger partial charge in [0, 0.05) is 25.0 Å². The zero-order valence-electron chi connectivity index (χ0n) is 26.4. The monoisotopic (exact) mass is 736 g/mol. The maximum Gasteiger partial charge on any atom is 0.352 e. The van der Waals surface area contributed by atoms with Gasteiger partial charge in [-0.15, -0.1) is 11.8 Å². The van der Waals surface area contributed by atoms with E-state index < -0.39 is 52.7 Å². The Morgan fingerprint density at radius 3 is 2.57 bits per heavy atom. The van der Waals surface area contributed by atoms with E-state index in [1.165, 1.54) is 31.9 Å². The molecule has 1 unspecified atom stereocenters. The van der Waals surface area contributed by atoms with Gasteiger partial charge in [-0.05, 0) is 32.4 Å². The number of nitrogens with two attached hydrogens (primary N) is 4. The Bertz CT molecular complexity index is 1790. The molecular weight excluding hydrogens is 702 g/mol. The normalized spacial score (nSPS) is 18.0. The number of thiazole rings is 1. The molecule has 20 heteroatoms. The Labute approximate surface area is 293 Å². The van der Waals surface area contributed by atoms with Gasteiger partial charge in [-0.3, -0.25) is 19.3 Å². The lowest BCUT2D eigenvalue weighted by Gasteiger charge is -2.49. The van der Waals surface area contributed by atoms with Crippen LogP contribution in [0.15, 0.2) is 34.9 Å². The Kier molecular flexibility index (Phi) is 11.6. The minimum Gasteiger partial charge on any atom is -0.478 e. The van der Waals surface area contributed by atoms with E-state index >= 15 is 0 Å². The van der Waals surface area contributed by atoms with Crippen LogP contribution in [-0.4, -0.2) is 83.5 Å². The Morgan fingerprint density at radius 1 is 1.24 bits per heavy atom. The van der Waals surface area contributed by atoms with E-state index in [4.69, 9.17) is 39.4 Å². The van der Waals surface area contributed by atoms with Crippen LogP contribution >= 0.6 is 34.7 Å². The van der Waals surface area contributed by atoms with Crippen LogP contribution in [0.2, 0.25) is 4.34 Å². The number of allylic oxidation sites excluding steroid dienone is 2. The minimum absolute atomic E-state index is 0.00403. The first-order valence-electron chi connectivity index (χ1n) is 14.7. The highest BCUT2D eigenvalue weighted by molar-refractivity contribution is 8.00. The number of ketones is 2. The molecule has 2 aliphatic heterocycles. The van der Waals surface area contributed by atoms with Crippen LogP contribution in [0.1, 0.15) is 44.4 Å². The molecule has 2 aromatic rings. The lowest BCUT2D eigenvalue weighted by Crippen LogP contribution is -2.62. The van der Waals surface area contributed by atoms with Gasteiger partial charge in [0.25, 0.3) is 0 Å². The van der Waals surface area contributed by atoms with Gasteiger partial charge in [0.15, 0.2) is 16.6 Å². The summed E-state index contributed by atoms with van der Waals surface area (Å²) in [5.41, 5.74) is 21.6. The molecule has 10 N–H and O–H groups in total. The van der Waals surface area contributed by atoms with Crippen molar-refractivity contribution in [3.8, 4) is 0 Å². The molecule has 2 atom stereocenters. The summed E-state index contributed by atoms with van der Waals surface area (Å²) in [5.74, 6) is -4.47. The molecule has 0 radical (unpaired) electrons. The van der Waals surface area contributed by atoms with Crippen LogP contribution in [0.5, 0.6) is 0 Å². The number of anilines is 3. The number of nitrogens with zero attached hydrogens (tertiary/aromatic N) is 5. The van der Waals surface area contributed by atoms with Crippen molar-refractivity contribution in [2.24, 2.45) is 16.8 Å². The number of carbonyl (C=O) groups excluding carboxylic acids is 3. The van der Waals surface area contributed by atoms with Gasteiger partial charge in [-0.1, -0.05) is 45.2 Å². The van der Waals surface area contributed by atoms with Crippen molar-refractivity contribution >= 4 is 86.6 Å². The second kappa shape index (κ2) is 15.3. The summed E-state index contributed by atoms with van der Waals surface area (Å²) >= 11 is 8.34. The number of hydrogen-bond acceptors (Lipinski definition) is 15. The number of rotatable bonds is 16. The fourth-order valence-corrected chi connectivity index (χ4v) is 7.20. The maximum atomic E-state index is 13.5. The number of oxime groups is 1. The van der Waals surface area contributed by atoms with Crippen LogP contribution in [0.25, 0.3) is 0 Å². The first-order chi connectivity index (χ1) is 23.1. The maximum absolute atomic E-state index is 13.5. The van der Waals surface area contributed by atoms with Gasteiger partial charge >= 0.3 is 11.9 Å². The number of hydrogen-bond donors (Lipinski definition) is 6. The molecule has 1 saturated heterocycles. The zero-order chi connectivity index (χ0) is 36.2. The van der Waals surface area contributed by atoms with Gasteiger partial charge in [0.1, 0.15) is 21.5 Å². The minimum atomic E-state index is -1.81. The summed E-state index contributed by atoms with van der Waals surface area (Å²) in [4.78, 5) is 77.4. The van der Waals surface area contributed by atoms with Crippen molar-refractivity contribution in [1.82, 2.24) is 14.9 Å². The number of carboxylic acid groups (broad SMARTS) is 2. The number of thioether (sulfide) groups is 1. The summed E-state index contributed by atoms with van der Waals surface area (Å²) in [6.45, 7) is 2.98. The molecule has 49 heavy (non-hydrogen) atoms. The van der Waals surface area contributed by atoms with E-state index in [2.05, 4.69) is 15.1 Å². The molecule has 1 amide bonds. The standard InChI is InChI=1S/C29H34ClN9O8S2/c1-29(2,27(45)46)47-37-18(19-21(30)49-28(34)36-19)17(41)10-16-24(42)39-20(26(43)44)13(11-48-25(16)39)5-4-8-38-12-35-22(32)15(23(38)33)9-14(40)6-3-7-31/h4-5,12,16,25H,3,6-11,31H2,1-2H3,(H7,32,33,34,36,43,44,45,46)/p+1/b5-4+,37-18+/t16-,25?/m1/s1. The first kappa shape index (κ1) is 37.2.